The molecule has 2 rings (SSSR count). The van der Waals surface area contributed by atoms with Crippen LogP contribution in [-0.2, 0) is 11.3 Å². The standard InChI is InChI=1S/C17H24N4O3/c1-17(2,11-20(3)4)10-18-14(22)9-21-16(24)13-8-6-5-7-12(13)15(23)19-21/h5-8H,9-11H2,1-4H3,(H,18,22)(H,19,23). The third-order valence-corrected chi connectivity index (χ3v) is 3.69. The highest BCUT2D eigenvalue weighted by atomic mass is 16.2. The summed E-state index contributed by atoms with van der Waals surface area (Å²) in [6.45, 7) is 5.20. The minimum atomic E-state index is -0.383. The lowest BCUT2D eigenvalue weighted by Crippen LogP contribution is -2.42. The van der Waals surface area contributed by atoms with E-state index in [1.54, 1.807) is 24.3 Å². The Labute approximate surface area is 140 Å². The van der Waals surface area contributed by atoms with Gasteiger partial charge in [-0.1, -0.05) is 26.0 Å². The third kappa shape index (κ3) is 4.32. The normalized spacial score (nSPS) is 11.9. The van der Waals surface area contributed by atoms with Crippen LogP contribution >= 0.6 is 0 Å². The van der Waals surface area contributed by atoms with E-state index in [2.05, 4.69) is 29.2 Å². The number of amides is 1. The summed E-state index contributed by atoms with van der Waals surface area (Å²) < 4.78 is 1.05. The van der Waals surface area contributed by atoms with Crippen molar-refractivity contribution < 1.29 is 4.79 Å². The molecule has 0 spiro atoms. The predicted molar refractivity (Wildman–Crippen MR) is 94.2 cm³/mol. The molecule has 0 saturated carbocycles. The summed E-state index contributed by atoms with van der Waals surface area (Å²) in [7, 11) is 3.95. The largest absolute Gasteiger partial charge is 0.354 e. The molecule has 7 heteroatoms. The van der Waals surface area contributed by atoms with Gasteiger partial charge < -0.3 is 10.2 Å². The van der Waals surface area contributed by atoms with Crippen LogP contribution in [0.15, 0.2) is 33.9 Å². The van der Waals surface area contributed by atoms with Crippen LogP contribution in [0, 0.1) is 5.41 Å². The molecule has 0 saturated heterocycles. The van der Waals surface area contributed by atoms with Crippen LogP contribution in [0.4, 0.5) is 0 Å². The SMILES string of the molecule is CN(C)CC(C)(C)CNC(=O)Cn1[nH]c(=O)c2ccccc2c1=O. The predicted octanol–water partition coefficient (Wildman–Crippen LogP) is 0.394. The van der Waals surface area contributed by atoms with Gasteiger partial charge in [0.25, 0.3) is 11.1 Å². The lowest BCUT2D eigenvalue weighted by Gasteiger charge is -2.28. The maximum Gasteiger partial charge on any atom is 0.273 e. The molecule has 0 unspecified atom stereocenters. The molecule has 0 radical (unpaired) electrons. The van der Waals surface area contributed by atoms with Crippen LogP contribution in [0.5, 0.6) is 0 Å². The number of rotatable bonds is 6. The Morgan fingerprint density at radius 3 is 2.46 bits per heavy atom. The molecule has 2 N–H and O–H groups in total. The molecule has 1 amide bonds. The average Bonchev–Trinajstić information content (AvgIpc) is 2.49. The van der Waals surface area contributed by atoms with Crippen molar-refractivity contribution in [1.82, 2.24) is 20.0 Å². The van der Waals surface area contributed by atoms with Gasteiger partial charge in [-0.25, -0.2) is 4.68 Å². The van der Waals surface area contributed by atoms with Gasteiger partial charge in [0.05, 0.1) is 10.8 Å². The van der Waals surface area contributed by atoms with Crippen molar-refractivity contribution in [3.63, 3.8) is 0 Å². The van der Waals surface area contributed by atoms with E-state index in [-0.39, 0.29) is 29.0 Å². The van der Waals surface area contributed by atoms with Gasteiger partial charge in [-0.3, -0.25) is 19.5 Å². The lowest BCUT2D eigenvalue weighted by molar-refractivity contribution is -0.122. The molecule has 0 aliphatic heterocycles. The van der Waals surface area contributed by atoms with Crippen LogP contribution in [0.25, 0.3) is 10.8 Å². The first-order chi connectivity index (χ1) is 11.2. The molecule has 24 heavy (non-hydrogen) atoms. The maximum atomic E-state index is 12.4. The monoisotopic (exact) mass is 332 g/mol. The lowest BCUT2D eigenvalue weighted by atomic mass is 9.93. The van der Waals surface area contributed by atoms with Gasteiger partial charge >= 0.3 is 0 Å². The Kier molecular flexibility index (Phi) is 5.23. The molecule has 0 bridgehead atoms. The van der Waals surface area contributed by atoms with Crippen molar-refractivity contribution in [3.05, 3.63) is 45.0 Å². The molecular weight excluding hydrogens is 308 g/mol. The number of hydrogen-bond acceptors (Lipinski definition) is 4. The molecule has 0 aliphatic rings. The van der Waals surface area contributed by atoms with E-state index in [1.165, 1.54) is 0 Å². The number of carbonyl (C=O) groups is 1. The number of nitrogens with one attached hydrogen (secondary N) is 2. The molecule has 7 nitrogen and oxygen atoms in total. The summed E-state index contributed by atoms with van der Waals surface area (Å²) in [5, 5.41) is 5.92. The van der Waals surface area contributed by atoms with Crippen molar-refractivity contribution in [2.45, 2.75) is 20.4 Å². The van der Waals surface area contributed by atoms with Gasteiger partial charge in [0.1, 0.15) is 6.54 Å². The number of H-pyrrole nitrogens is 1. The van der Waals surface area contributed by atoms with Crippen molar-refractivity contribution >= 4 is 16.7 Å². The number of carbonyl (C=O) groups excluding carboxylic acids is 1. The Morgan fingerprint density at radius 2 is 1.83 bits per heavy atom. The molecule has 1 aromatic heterocycles. The third-order valence-electron chi connectivity index (χ3n) is 3.69. The van der Waals surface area contributed by atoms with E-state index in [1.807, 2.05) is 14.1 Å². The zero-order valence-corrected chi connectivity index (χ0v) is 14.5. The molecule has 1 heterocycles. The minimum absolute atomic E-state index is 0.0963. The Hall–Kier alpha value is -2.41. The minimum Gasteiger partial charge on any atom is -0.354 e. The highest BCUT2D eigenvalue weighted by Crippen LogP contribution is 2.13. The fraction of sp³-hybridized carbons (Fsp3) is 0.471. The topological polar surface area (TPSA) is 87.2 Å². The fourth-order valence-corrected chi connectivity index (χ4v) is 2.81. The second kappa shape index (κ2) is 7.00. The number of nitrogens with zero attached hydrogens (tertiary/aromatic N) is 2. The molecule has 0 aliphatic carbocycles. The van der Waals surface area contributed by atoms with Crippen LogP contribution in [0.2, 0.25) is 0 Å². The first-order valence-electron chi connectivity index (χ1n) is 7.83. The Morgan fingerprint density at radius 1 is 1.21 bits per heavy atom. The summed E-state index contributed by atoms with van der Waals surface area (Å²) in [5.41, 5.74) is -0.861. The van der Waals surface area contributed by atoms with Crippen LogP contribution in [0.1, 0.15) is 13.8 Å². The number of hydrogen-bond donors (Lipinski definition) is 2. The highest BCUT2D eigenvalue weighted by Gasteiger charge is 2.20. The van der Waals surface area contributed by atoms with E-state index in [4.69, 9.17) is 0 Å². The number of fused-ring (bicyclic) bond motifs is 1. The second-order valence-corrected chi connectivity index (χ2v) is 7.06. The van der Waals surface area contributed by atoms with Crippen LogP contribution in [-0.4, -0.2) is 47.8 Å². The van der Waals surface area contributed by atoms with Gasteiger partial charge in [0.15, 0.2) is 0 Å². The molecule has 2 aromatic rings. The average molecular weight is 332 g/mol. The van der Waals surface area contributed by atoms with Gasteiger partial charge in [-0.05, 0) is 31.6 Å². The van der Waals surface area contributed by atoms with Gasteiger partial charge in [-0.2, -0.15) is 0 Å². The van der Waals surface area contributed by atoms with Crippen LogP contribution < -0.4 is 16.4 Å². The van der Waals surface area contributed by atoms with E-state index < -0.39 is 0 Å². The van der Waals surface area contributed by atoms with Gasteiger partial charge in [-0.15, -0.1) is 0 Å². The summed E-state index contributed by atoms with van der Waals surface area (Å²) in [4.78, 5) is 38.6. The van der Waals surface area contributed by atoms with Crippen LogP contribution in [0.3, 0.4) is 0 Å². The number of aromatic nitrogens is 2. The van der Waals surface area contributed by atoms with E-state index in [0.29, 0.717) is 17.3 Å². The zero-order chi connectivity index (χ0) is 17.9. The van der Waals surface area contributed by atoms with Crippen molar-refractivity contribution in [1.29, 1.82) is 0 Å². The van der Waals surface area contributed by atoms with Gasteiger partial charge in [0, 0.05) is 13.1 Å². The summed E-state index contributed by atoms with van der Waals surface area (Å²) in [5.74, 6) is -0.310. The smallest absolute Gasteiger partial charge is 0.273 e. The van der Waals surface area contributed by atoms with Crippen molar-refractivity contribution in [2.24, 2.45) is 5.41 Å². The first-order valence-corrected chi connectivity index (χ1v) is 7.83. The van der Waals surface area contributed by atoms with E-state index in [0.717, 1.165) is 11.2 Å². The quantitative estimate of drug-likeness (QED) is 0.801. The zero-order valence-electron chi connectivity index (χ0n) is 14.5. The Bertz CT molecular complexity index is 849. The number of aromatic amines is 1. The Balaban J connectivity index is 2.13. The first kappa shape index (κ1) is 17.9. The molecule has 0 atom stereocenters. The number of benzene rings is 1. The molecule has 130 valence electrons. The summed E-state index contributed by atoms with van der Waals surface area (Å²) in [6, 6.07) is 6.56. The molecule has 0 fully saturated rings. The van der Waals surface area contributed by atoms with Crippen molar-refractivity contribution in [3.8, 4) is 0 Å². The second-order valence-electron chi connectivity index (χ2n) is 7.06. The fourth-order valence-electron chi connectivity index (χ4n) is 2.81. The summed E-state index contributed by atoms with van der Waals surface area (Å²) in [6.07, 6.45) is 0. The van der Waals surface area contributed by atoms with Gasteiger partial charge in [0.2, 0.25) is 5.91 Å². The summed E-state index contributed by atoms with van der Waals surface area (Å²) >= 11 is 0. The molecular formula is C17H24N4O3. The molecule has 1 aromatic carbocycles. The highest BCUT2D eigenvalue weighted by molar-refractivity contribution is 5.81. The van der Waals surface area contributed by atoms with E-state index in [9.17, 15) is 14.4 Å². The van der Waals surface area contributed by atoms with Crippen molar-refractivity contribution in [2.75, 3.05) is 27.2 Å². The van der Waals surface area contributed by atoms with E-state index >= 15 is 0 Å². The maximum absolute atomic E-state index is 12.4.